The van der Waals surface area contributed by atoms with E-state index in [1.165, 1.54) is 24.3 Å². The zero-order chi connectivity index (χ0) is 23.3. The second-order valence-electron chi connectivity index (χ2n) is 7.78. The first kappa shape index (κ1) is 20.7. The van der Waals surface area contributed by atoms with E-state index in [-0.39, 0.29) is 17.0 Å². The number of ether oxygens (including phenoxy) is 1. The number of phenolic OH excluding ortho intramolecular Hbond substituents is 1. The highest BCUT2D eigenvalue weighted by Crippen LogP contribution is 2.43. The number of aliphatic hydroxyl groups is 1. The topological polar surface area (TPSA) is 87.1 Å². The van der Waals surface area contributed by atoms with Crippen LogP contribution in [0.2, 0.25) is 0 Å². The number of fused-ring (bicyclic) bond motifs is 1. The molecule has 6 nitrogen and oxygen atoms in total. The van der Waals surface area contributed by atoms with Gasteiger partial charge in [0.2, 0.25) is 0 Å². The molecule has 1 unspecified atom stereocenters. The largest absolute Gasteiger partial charge is 0.508 e. The Balaban J connectivity index is 1.72. The first-order valence-corrected chi connectivity index (χ1v) is 10.2. The Hall–Kier alpha value is -4.20. The summed E-state index contributed by atoms with van der Waals surface area (Å²) < 4.78 is 33.7. The number of phenols is 1. The van der Waals surface area contributed by atoms with E-state index >= 15 is 0 Å². The Bertz CT molecular complexity index is 1330. The van der Waals surface area contributed by atoms with Gasteiger partial charge in [-0.2, -0.15) is 0 Å². The van der Waals surface area contributed by atoms with Crippen molar-refractivity contribution in [3.05, 3.63) is 94.6 Å². The third kappa shape index (κ3) is 3.40. The first-order chi connectivity index (χ1) is 15.8. The Labute approximate surface area is 187 Å². The first-order valence-electron chi connectivity index (χ1n) is 10.2. The zero-order valence-electron chi connectivity index (χ0n) is 17.1. The molecule has 33 heavy (non-hydrogen) atoms. The van der Waals surface area contributed by atoms with E-state index in [1.807, 2.05) is 0 Å². The Morgan fingerprint density at radius 3 is 2.48 bits per heavy atom. The van der Waals surface area contributed by atoms with Crippen LogP contribution in [-0.2, 0) is 16.0 Å². The lowest BCUT2D eigenvalue weighted by atomic mass is 9.94. The SMILES string of the molecule is O=C1C(=O)N(c2ccc(F)cc2F)C(c2ccc(O)cc2)/C1=C(/O)c1ccc2c(c1)CCO2. The molecule has 2 aliphatic rings. The van der Waals surface area contributed by atoms with Gasteiger partial charge < -0.3 is 14.9 Å². The lowest BCUT2D eigenvalue weighted by Gasteiger charge is -2.25. The lowest BCUT2D eigenvalue weighted by Crippen LogP contribution is -2.30. The maximum absolute atomic E-state index is 14.7. The van der Waals surface area contributed by atoms with Crippen molar-refractivity contribution < 1.29 is 33.3 Å². The molecule has 1 saturated heterocycles. The summed E-state index contributed by atoms with van der Waals surface area (Å²) in [5, 5.41) is 20.8. The summed E-state index contributed by atoms with van der Waals surface area (Å²) >= 11 is 0. The quantitative estimate of drug-likeness (QED) is 0.355. The van der Waals surface area contributed by atoms with Crippen LogP contribution >= 0.6 is 0 Å². The van der Waals surface area contributed by atoms with Crippen molar-refractivity contribution >= 4 is 23.1 Å². The molecule has 0 spiro atoms. The molecule has 0 aromatic heterocycles. The normalized spacial score (nSPS) is 19.0. The minimum absolute atomic E-state index is 0.0534. The third-order valence-electron chi connectivity index (χ3n) is 5.79. The van der Waals surface area contributed by atoms with Crippen LogP contribution in [0.25, 0.3) is 5.76 Å². The van der Waals surface area contributed by atoms with Gasteiger partial charge in [-0.05, 0) is 53.6 Å². The van der Waals surface area contributed by atoms with Crippen LogP contribution in [0, 0.1) is 11.6 Å². The summed E-state index contributed by atoms with van der Waals surface area (Å²) in [4.78, 5) is 27.0. The van der Waals surface area contributed by atoms with Crippen LogP contribution in [0.1, 0.15) is 22.7 Å². The van der Waals surface area contributed by atoms with Gasteiger partial charge in [0.1, 0.15) is 28.9 Å². The Morgan fingerprint density at radius 1 is 1.00 bits per heavy atom. The van der Waals surface area contributed by atoms with Crippen LogP contribution in [0.4, 0.5) is 14.5 Å². The minimum Gasteiger partial charge on any atom is -0.508 e. The average Bonchev–Trinajstić information content (AvgIpc) is 3.36. The van der Waals surface area contributed by atoms with Crippen LogP contribution < -0.4 is 9.64 Å². The minimum atomic E-state index is -1.20. The predicted molar refractivity (Wildman–Crippen MR) is 115 cm³/mol. The highest BCUT2D eigenvalue weighted by Gasteiger charge is 2.47. The molecule has 0 bridgehead atoms. The number of hydrogen-bond donors (Lipinski definition) is 2. The third-order valence-corrected chi connectivity index (χ3v) is 5.79. The fourth-order valence-corrected chi connectivity index (χ4v) is 4.22. The van der Waals surface area contributed by atoms with E-state index in [2.05, 4.69) is 0 Å². The number of carbonyl (C=O) groups is 2. The van der Waals surface area contributed by atoms with Crippen molar-refractivity contribution in [2.45, 2.75) is 12.5 Å². The lowest BCUT2D eigenvalue weighted by molar-refractivity contribution is -0.132. The average molecular weight is 449 g/mol. The number of nitrogens with zero attached hydrogens (tertiary/aromatic N) is 1. The molecular formula is C25H17F2NO5. The molecule has 3 aromatic carbocycles. The van der Waals surface area contributed by atoms with Crippen molar-refractivity contribution in [3.8, 4) is 11.5 Å². The van der Waals surface area contributed by atoms with Crippen LogP contribution in [-0.4, -0.2) is 28.5 Å². The number of Topliss-reactive ketones (excluding diaryl/α,β-unsaturated/α-hetero) is 1. The number of aliphatic hydroxyl groups excluding tert-OH is 1. The monoisotopic (exact) mass is 449 g/mol. The number of rotatable bonds is 3. The summed E-state index contributed by atoms with van der Waals surface area (Å²) in [6, 6.07) is 12.0. The second-order valence-corrected chi connectivity index (χ2v) is 7.78. The molecule has 2 aliphatic heterocycles. The summed E-state index contributed by atoms with van der Waals surface area (Å²) in [6.45, 7) is 0.501. The number of aromatic hydroxyl groups is 1. The fourth-order valence-electron chi connectivity index (χ4n) is 4.22. The molecule has 0 saturated carbocycles. The number of hydrogen-bond acceptors (Lipinski definition) is 5. The molecule has 2 heterocycles. The molecule has 3 aromatic rings. The molecule has 0 aliphatic carbocycles. The fraction of sp³-hybridized carbons (Fsp3) is 0.120. The van der Waals surface area contributed by atoms with Gasteiger partial charge in [0.25, 0.3) is 11.7 Å². The highest BCUT2D eigenvalue weighted by atomic mass is 19.1. The predicted octanol–water partition coefficient (Wildman–Crippen LogP) is 4.23. The van der Waals surface area contributed by atoms with E-state index in [1.54, 1.807) is 18.2 Å². The van der Waals surface area contributed by atoms with Crippen molar-refractivity contribution in [3.63, 3.8) is 0 Å². The van der Waals surface area contributed by atoms with Crippen molar-refractivity contribution in [2.24, 2.45) is 0 Å². The van der Waals surface area contributed by atoms with Crippen molar-refractivity contribution in [1.82, 2.24) is 0 Å². The van der Waals surface area contributed by atoms with Gasteiger partial charge in [0.15, 0.2) is 0 Å². The van der Waals surface area contributed by atoms with Crippen LogP contribution in [0.5, 0.6) is 11.5 Å². The second kappa shape index (κ2) is 7.74. The number of anilines is 1. The highest BCUT2D eigenvalue weighted by molar-refractivity contribution is 6.51. The Kier molecular flexibility index (Phi) is 4.85. The van der Waals surface area contributed by atoms with E-state index in [4.69, 9.17) is 4.74 Å². The van der Waals surface area contributed by atoms with Gasteiger partial charge in [0.05, 0.1) is 23.9 Å². The molecule has 166 valence electrons. The van der Waals surface area contributed by atoms with Gasteiger partial charge in [-0.25, -0.2) is 8.78 Å². The molecule has 1 amide bonds. The van der Waals surface area contributed by atoms with Crippen LogP contribution in [0.15, 0.2) is 66.2 Å². The number of benzene rings is 3. The molecule has 1 fully saturated rings. The van der Waals surface area contributed by atoms with E-state index in [9.17, 15) is 28.6 Å². The zero-order valence-corrected chi connectivity index (χ0v) is 17.1. The van der Waals surface area contributed by atoms with Gasteiger partial charge in [-0.1, -0.05) is 12.1 Å². The summed E-state index contributed by atoms with van der Waals surface area (Å²) in [5.74, 6) is -3.75. The molecule has 1 atom stereocenters. The molecular weight excluding hydrogens is 432 g/mol. The van der Waals surface area contributed by atoms with Crippen molar-refractivity contribution in [2.75, 3.05) is 11.5 Å². The smallest absolute Gasteiger partial charge is 0.300 e. The maximum Gasteiger partial charge on any atom is 0.300 e. The number of amides is 1. The summed E-state index contributed by atoms with van der Waals surface area (Å²) in [5.41, 5.74) is 0.952. The van der Waals surface area contributed by atoms with Crippen LogP contribution in [0.3, 0.4) is 0 Å². The Morgan fingerprint density at radius 2 is 1.76 bits per heavy atom. The van der Waals surface area contributed by atoms with Gasteiger partial charge >= 0.3 is 0 Å². The maximum atomic E-state index is 14.7. The summed E-state index contributed by atoms with van der Waals surface area (Å²) in [6.07, 6.45) is 0.632. The summed E-state index contributed by atoms with van der Waals surface area (Å²) in [7, 11) is 0. The van der Waals surface area contributed by atoms with Gasteiger partial charge in [-0.3, -0.25) is 14.5 Å². The van der Waals surface area contributed by atoms with Gasteiger partial charge in [-0.15, -0.1) is 0 Å². The molecule has 8 heteroatoms. The molecule has 5 rings (SSSR count). The number of carbonyl (C=O) groups excluding carboxylic acids is 2. The van der Waals surface area contributed by atoms with E-state index < -0.39 is 35.1 Å². The van der Waals surface area contributed by atoms with E-state index in [0.717, 1.165) is 22.6 Å². The number of ketones is 1. The van der Waals surface area contributed by atoms with Gasteiger partial charge in [0, 0.05) is 18.1 Å². The number of halogens is 2. The standard InChI is InChI=1S/C25H17F2NO5/c26-16-4-7-19(18(27)12-16)28-22(13-1-5-17(29)6-2-13)21(24(31)25(28)32)23(30)15-3-8-20-14(11-15)9-10-33-20/h1-8,11-12,22,29-30H,9-10H2/b23-21-. The molecule has 2 N–H and O–H groups in total. The van der Waals surface area contributed by atoms with E-state index in [0.29, 0.717) is 36.0 Å². The van der Waals surface area contributed by atoms with Crippen molar-refractivity contribution in [1.29, 1.82) is 0 Å². The molecule has 0 radical (unpaired) electrons.